The van der Waals surface area contributed by atoms with Crippen molar-refractivity contribution in [3.63, 3.8) is 0 Å². The Morgan fingerprint density at radius 3 is 2.53 bits per heavy atom. The number of anilines is 2. The third kappa shape index (κ3) is 3.56. The van der Waals surface area contributed by atoms with Gasteiger partial charge in [0.05, 0.1) is 0 Å². The van der Waals surface area contributed by atoms with Crippen LogP contribution < -0.4 is 10.2 Å². The van der Waals surface area contributed by atoms with Gasteiger partial charge in [-0.3, -0.25) is 4.79 Å². The minimum atomic E-state index is 0.342. The highest BCUT2D eigenvalue weighted by molar-refractivity contribution is 5.52. The Morgan fingerprint density at radius 2 is 1.95 bits per heavy atom. The summed E-state index contributed by atoms with van der Waals surface area (Å²) in [7, 11) is 0. The van der Waals surface area contributed by atoms with Crippen LogP contribution in [0.15, 0.2) is 6.07 Å². The predicted octanol–water partition coefficient (Wildman–Crippen LogP) is 0.884. The average Bonchev–Trinajstić information content (AvgIpc) is 2.37. The molecule has 0 atom stereocenters. The van der Waals surface area contributed by atoms with Crippen molar-refractivity contribution in [1.29, 1.82) is 0 Å². The molecule has 104 valence electrons. The minimum absolute atomic E-state index is 0.342. The molecular weight excluding hydrogens is 242 g/mol. The number of carbonyl (C=O) groups excluding carboxylic acids is 1. The van der Waals surface area contributed by atoms with E-state index in [1.54, 1.807) is 4.90 Å². The molecule has 0 unspecified atom stereocenters. The molecule has 6 nitrogen and oxygen atoms in total. The SMILES string of the molecule is Cc1nc(NC(C)C)cc(N2CCN(C=O)CC2)n1. The predicted molar refractivity (Wildman–Crippen MR) is 75.4 cm³/mol. The van der Waals surface area contributed by atoms with Gasteiger partial charge >= 0.3 is 0 Å². The number of piperazine rings is 1. The van der Waals surface area contributed by atoms with E-state index < -0.39 is 0 Å². The van der Waals surface area contributed by atoms with E-state index in [0.717, 1.165) is 50.0 Å². The third-order valence-electron chi connectivity index (χ3n) is 3.05. The van der Waals surface area contributed by atoms with Crippen LogP contribution in [-0.4, -0.2) is 53.5 Å². The zero-order valence-electron chi connectivity index (χ0n) is 11.8. The van der Waals surface area contributed by atoms with E-state index in [9.17, 15) is 4.79 Å². The molecule has 2 rings (SSSR count). The summed E-state index contributed by atoms with van der Waals surface area (Å²) in [5.41, 5.74) is 0. The molecule has 0 bridgehead atoms. The summed E-state index contributed by atoms with van der Waals surface area (Å²) >= 11 is 0. The quantitative estimate of drug-likeness (QED) is 0.817. The number of carbonyl (C=O) groups is 1. The van der Waals surface area contributed by atoms with Gasteiger partial charge in [0.1, 0.15) is 17.5 Å². The maximum Gasteiger partial charge on any atom is 0.209 e. The van der Waals surface area contributed by atoms with Crippen molar-refractivity contribution >= 4 is 18.0 Å². The molecule has 0 aromatic carbocycles. The van der Waals surface area contributed by atoms with Crippen LogP contribution in [0.5, 0.6) is 0 Å². The van der Waals surface area contributed by atoms with Crippen LogP contribution in [0.25, 0.3) is 0 Å². The number of nitrogens with one attached hydrogen (secondary N) is 1. The Balaban J connectivity index is 2.11. The van der Waals surface area contributed by atoms with E-state index in [1.165, 1.54) is 0 Å². The molecule has 0 saturated carbocycles. The highest BCUT2D eigenvalue weighted by atomic mass is 16.1. The number of aryl methyl sites for hydroxylation is 1. The van der Waals surface area contributed by atoms with Crippen LogP contribution >= 0.6 is 0 Å². The lowest BCUT2D eigenvalue weighted by molar-refractivity contribution is -0.118. The first-order valence-corrected chi connectivity index (χ1v) is 6.65. The number of nitrogens with zero attached hydrogens (tertiary/aromatic N) is 4. The molecule has 1 aromatic rings. The second kappa shape index (κ2) is 5.86. The van der Waals surface area contributed by atoms with Gasteiger partial charge in [-0.25, -0.2) is 9.97 Å². The van der Waals surface area contributed by atoms with Crippen molar-refractivity contribution in [3.8, 4) is 0 Å². The van der Waals surface area contributed by atoms with Crippen molar-refractivity contribution in [2.24, 2.45) is 0 Å². The number of rotatable bonds is 4. The Morgan fingerprint density at radius 1 is 1.26 bits per heavy atom. The second-order valence-electron chi connectivity index (χ2n) is 5.09. The largest absolute Gasteiger partial charge is 0.368 e. The normalized spacial score (nSPS) is 15.8. The fourth-order valence-electron chi connectivity index (χ4n) is 2.14. The van der Waals surface area contributed by atoms with Gasteiger partial charge in [-0.2, -0.15) is 0 Å². The molecule has 1 aromatic heterocycles. The van der Waals surface area contributed by atoms with Crippen LogP contribution in [0.1, 0.15) is 19.7 Å². The standard InChI is InChI=1S/C13H21N5O/c1-10(2)14-12-8-13(16-11(3)15-12)18-6-4-17(9-19)5-7-18/h8-10H,4-7H2,1-3H3,(H,14,15,16). The molecule has 1 aliphatic rings. The maximum atomic E-state index is 10.7. The van der Waals surface area contributed by atoms with Crippen molar-refractivity contribution in [1.82, 2.24) is 14.9 Å². The van der Waals surface area contributed by atoms with Crippen LogP contribution in [0.3, 0.4) is 0 Å². The van der Waals surface area contributed by atoms with Gasteiger partial charge in [0.2, 0.25) is 6.41 Å². The van der Waals surface area contributed by atoms with Gasteiger partial charge in [0.25, 0.3) is 0 Å². The van der Waals surface area contributed by atoms with Crippen LogP contribution in [0.2, 0.25) is 0 Å². The fraction of sp³-hybridized carbons (Fsp3) is 0.615. The monoisotopic (exact) mass is 263 g/mol. The average molecular weight is 263 g/mol. The van der Waals surface area contributed by atoms with Gasteiger partial charge in [-0.1, -0.05) is 0 Å². The zero-order chi connectivity index (χ0) is 13.8. The first kappa shape index (κ1) is 13.6. The third-order valence-corrected chi connectivity index (χ3v) is 3.05. The molecular formula is C13H21N5O. The molecule has 6 heteroatoms. The van der Waals surface area contributed by atoms with Crippen LogP contribution in [0, 0.1) is 6.92 Å². The maximum absolute atomic E-state index is 10.7. The van der Waals surface area contributed by atoms with Crippen molar-refractivity contribution in [2.75, 3.05) is 36.4 Å². The molecule has 1 fully saturated rings. The van der Waals surface area contributed by atoms with Crippen LogP contribution in [0.4, 0.5) is 11.6 Å². The van der Waals surface area contributed by atoms with E-state index in [0.29, 0.717) is 6.04 Å². The molecule has 1 amide bonds. The topological polar surface area (TPSA) is 61.4 Å². The van der Waals surface area contributed by atoms with E-state index in [-0.39, 0.29) is 0 Å². The molecule has 19 heavy (non-hydrogen) atoms. The summed E-state index contributed by atoms with van der Waals surface area (Å²) in [5.74, 6) is 2.55. The summed E-state index contributed by atoms with van der Waals surface area (Å²) in [6.45, 7) is 9.20. The smallest absolute Gasteiger partial charge is 0.209 e. The van der Waals surface area contributed by atoms with Crippen molar-refractivity contribution < 1.29 is 4.79 Å². The molecule has 0 spiro atoms. The Labute approximate surface area is 113 Å². The molecule has 0 aliphatic carbocycles. The first-order chi connectivity index (χ1) is 9.08. The van der Waals surface area contributed by atoms with Gasteiger partial charge in [0.15, 0.2) is 0 Å². The van der Waals surface area contributed by atoms with E-state index >= 15 is 0 Å². The van der Waals surface area contributed by atoms with Gasteiger partial charge in [0, 0.05) is 38.3 Å². The highest BCUT2D eigenvalue weighted by Gasteiger charge is 2.17. The Hall–Kier alpha value is -1.85. The zero-order valence-corrected chi connectivity index (χ0v) is 11.8. The van der Waals surface area contributed by atoms with E-state index in [2.05, 4.69) is 34.0 Å². The summed E-state index contributed by atoms with van der Waals surface area (Å²) < 4.78 is 0. The molecule has 1 N–H and O–H groups in total. The highest BCUT2D eigenvalue weighted by Crippen LogP contribution is 2.17. The molecule has 1 aliphatic heterocycles. The van der Waals surface area contributed by atoms with E-state index in [1.807, 2.05) is 13.0 Å². The molecule has 1 saturated heterocycles. The fourth-order valence-corrected chi connectivity index (χ4v) is 2.14. The van der Waals surface area contributed by atoms with Crippen molar-refractivity contribution in [3.05, 3.63) is 11.9 Å². The number of hydrogen-bond donors (Lipinski definition) is 1. The molecule has 2 heterocycles. The lowest BCUT2D eigenvalue weighted by Crippen LogP contribution is -2.46. The van der Waals surface area contributed by atoms with Gasteiger partial charge < -0.3 is 15.1 Å². The van der Waals surface area contributed by atoms with Crippen molar-refractivity contribution in [2.45, 2.75) is 26.8 Å². The summed E-state index contributed by atoms with van der Waals surface area (Å²) in [4.78, 5) is 23.6. The van der Waals surface area contributed by atoms with Gasteiger partial charge in [-0.05, 0) is 20.8 Å². The number of aromatic nitrogens is 2. The second-order valence-corrected chi connectivity index (χ2v) is 5.09. The minimum Gasteiger partial charge on any atom is -0.368 e. The number of amides is 1. The summed E-state index contributed by atoms with van der Waals surface area (Å²) in [5, 5.41) is 3.30. The van der Waals surface area contributed by atoms with E-state index in [4.69, 9.17) is 0 Å². The van der Waals surface area contributed by atoms with Gasteiger partial charge in [-0.15, -0.1) is 0 Å². The lowest BCUT2D eigenvalue weighted by Gasteiger charge is -2.33. The lowest BCUT2D eigenvalue weighted by atomic mass is 10.3. The Bertz CT molecular complexity index is 441. The summed E-state index contributed by atoms with van der Waals surface area (Å²) in [6.07, 6.45) is 0.911. The summed E-state index contributed by atoms with van der Waals surface area (Å²) in [6, 6.07) is 2.32. The van der Waals surface area contributed by atoms with Crippen LogP contribution in [-0.2, 0) is 4.79 Å². The number of hydrogen-bond acceptors (Lipinski definition) is 5. The first-order valence-electron chi connectivity index (χ1n) is 6.65. The Kier molecular flexibility index (Phi) is 4.19. The molecule has 0 radical (unpaired) electrons.